The first kappa shape index (κ1) is 17.0. The first-order valence-electron chi connectivity index (χ1n) is 9.68. The highest BCUT2D eigenvalue weighted by atomic mass is 16.2. The van der Waals surface area contributed by atoms with Gasteiger partial charge in [0.05, 0.1) is 12.1 Å². The van der Waals surface area contributed by atoms with Crippen LogP contribution in [0.3, 0.4) is 0 Å². The third-order valence-corrected chi connectivity index (χ3v) is 5.24. The molecule has 4 rings (SSSR count). The number of amides is 1. The van der Waals surface area contributed by atoms with Crippen LogP contribution in [0.1, 0.15) is 54.6 Å². The van der Waals surface area contributed by atoms with Crippen molar-refractivity contribution in [1.82, 2.24) is 24.6 Å². The lowest BCUT2D eigenvalue weighted by molar-refractivity contribution is 0.0725. The molecule has 1 atom stereocenters. The van der Waals surface area contributed by atoms with Crippen molar-refractivity contribution in [3.05, 3.63) is 35.5 Å². The number of likely N-dealkylation sites (tertiary alicyclic amines) is 1. The predicted octanol–water partition coefficient (Wildman–Crippen LogP) is 2.29. The van der Waals surface area contributed by atoms with E-state index >= 15 is 0 Å². The van der Waals surface area contributed by atoms with E-state index in [1.54, 1.807) is 6.20 Å². The molecule has 1 unspecified atom stereocenters. The molecule has 0 aliphatic carbocycles. The van der Waals surface area contributed by atoms with E-state index in [4.69, 9.17) is 0 Å². The van der Waals surface area contributed by atoms with E-state index in [-0.39, 0.29) is 11.9 Å². The third-order valence-electron chi connectivity index (χ3n) is 5.24. The number of carbonyl (C=O) groups is 1. The second-order valence-electron chi connectivity index (χ2n) is 7.11. The Morgan fingerprint density at radius 3 is 2.96 bits per heavy atom. The summed E-state index contributed by atoms with van der Waals surface area (Å²) in [4.78, 5) is 23.9. The molecule has 4 heterocycles. The van der Waals surface area contributed by atoms with Crippen LogP contribution in [0.15, 0.2) is 18.3 Å². The number of hydrogen-bond donors (Lipinski definition) is 1. The monoisotopic (exact) mass is 354 g/mol. The molecule has 1 fully saturated rings. The number of anilines is 1. The highest BCUT2D eigenvalue weighted by Gasteiger charge is 2.25. The molecule has 0 aromatic carbocycles. The molecule has 2 aromatic heterocycles. The Balaban J connectivity index is 1.49. The summed E-state index contributed by atoms with van der Waals surface area (Å²) in [6.07, 6.45) is 7.85. The Hall–Kier alpha value is -2.44. The smallest absolute Gasteiger partial charge is 0.257 e. The number of hydrogen-bond acceptors (Lipinski definition) is 5. The van der Waals surface area contributed by atoms with Crippen LogP contribution in [-0.2, 0) is 19.4 Å². The van der Waals surface area contributed by atoms with Crippen molar-refractivity contribution in [3.63, 3.8) is 0 Å². The van der Waals surface area contributed by atoms with Crippen LogP contribution in [0.2, 0.25) is 0 Å². The molecule has 7 heteroatoms. The van der Waals surface area contributed by atoms with Crippen LogP contribution in [0, 0.1) is 0 Å². The zero-order valence-corrected chi connectivity index (χ0v) is 15.3. The van der Waals surface area contributed by atoms with Crippen molar-refractivity contribution < 1.29 is 4.79 Å². The normalized spacial score (nSPS) is 19.9. The van der Waals surface area contributed by atoms with Gasteiger partial charge >= 0.3 is 0 Å². The molecule has 0 bridgehead atoms. The molecule has 0 spiro atoms. The summed E-state index contributed by atoms with van der Waals surface area (Å²) in [5.41, 5.74) is 0.674. The van der Waals surface area contributed by atoms with Crippen LogP contribution in [-0.4, -0.2) is 49.7 Å². The molecule has 1 amide bonds. The van der Waals surface area contributed by atoms with Crippen LogP contribution in [0.5, 0.6) is 0 Å². The summed E-state index contributed by atoms with van der Waals surface area (Å²) >= 11 is 0. The summed E-state index contributed by atoms with van der Waals surface area (Å²) in [5.74, 6) is 2.74. The number of nitrogens with zero attached hydrogens (tertiary/aromatic N) is 5. The van der Waals surface area contributed by atoms with Gasteiger partial charge in [-0.15, -0.1) is 0 Å². The Labute approximate surface area is 153 Å². The number of carbonyl (C=O) groups excluding carboxylic acids is 1. The van der Waals surface area contributed by atoms with Crippen molar-refractivity contribution in [1.29, 1.82) is 0 Å². The fourth-order valence-corrected chi connectivity index (χ4v) is 3.78. The van der Waals surface area contributed by atoms with Gasteiger partial charge in [-0.25, -0.2) is 14.6 Å². The molecular weight excluding hydrogens is 328 g/mol. The van der Waals surface area contributed by atoms with E-state index in [0.29, 0.717) is 11.4 Å². The molecule has 2 aliphatic rings. The molecule has 7 nitrogen and oxygen atoms in total. The van der Waals surface area contributed by atoms with E-state index in [1.807, 2.05) is 21.7 Å². The molecule has 2 aromatic rings. The lowest BCUT2D eigenvalue weighted by Gasteiger charge is -2.28. The maximum Gasteiger partial charge on any atom is 0.257 e. The van der Waals surface area contributed by atoms with Crippen LogP contribution < -0.4 is 5.32 Å². The molecule has 0 saturated carbocycles. The van der Waals surface area contributed by atoms with Gasteiger partial charge in [0.2, 0.25) is 0 Å². The van der Waals surface area contributed by atoms with E-state index in [2.05, 4.69) is 27.3 Å². The molecule has 1 N–H and O–H groups in total. The topological polar surface area (TPSA) is 75.9 Å². The number of aromatic nitrogens is 4. The summed E-state index contributed by atoms with van der Waals surface area (Å²) in [7, 11) is 0. The van der Waals surface area contributed by atoms with Crippen molar-refractivity contribution in [3.8, 4) is 0 Å². The van der Waals surface area contributed by atoms with Gasteiger partial charge in [0.1, 0.15) is 11.6 Å². The molecular formula is C19H26N6O. The minimum Gasteiger partial charge on any atom is -0.365 e. The van der Waals surface area contributed by atoms with Crippen molar-refractivity contribution in [2.24, 2.45) is 0 Å². The predicted molar refractivity (Wildman–Crippen MR) is 99.1 cm³/mol. The number of rotatable bonds is 4. The second-order valence-corrected chi connectivity index (χ2v) is 7.11. The third kappa shape index (κ3) is 3.43. The average Bonchev–Trinajstić information content (AvgIpc) is 3.11. The van der Waals surface area contributed by atoms with Gasteiger partial charge in [0, 0.05) is 38.2 Å². The lowest BCUT2D eigenvalue weighted by Crippen LogP contribution is -2.37. The minimum atomic E-state index is 0.0887. The highest BCUT2D eigenvalue weighted by Crippen LogP contribution is 2.21. The van der Waals surface area contributed by atoms with E-state index in [0.717, 1.165) is 63.4 Å². The van der Waals surface area contributed by atoms with Crippen LogP contribution in [0.25, 0.3) is 0 Å². The second kappa shape index (κ2) is 7.43. The Bertz CT molecular complexity index is 780. The first-order valence-corrected chi connectivity index (χ1v) is 9.68. The maximum absolute atomic E-state index is 12.9. The highest BCUT2D eigenvalue weighted by molar-refractivity contribution is 5.98. The molecule has 2 aliphatic heterocycles. The number of nitrogens with one attached hydrogen (secondary N) is 1. The number of pyridine rings is 1. The molecule has 1 saturated heterocycles. The standard InChI is InChI=1S/C19H26N6O/c1-2-16-22-17-9-8-14(13-25(17)23-16)21-18-15(7-6-10-20-18)19(26)24-11-4-3-5-12-24/h6-7,10,14H,2-5,8-9,11-13H2,1H3,(H,20,21). The molecule has 26 heavy (non-hydrogen) atoms. The quantitative estimate of drug-likeness (QED) is 0.912. The van der Waals surface area contributed by atoms with Gasteiger partial charge in [-0.3, -0.25) is 4.79 Å². The summed E-state index contributed by atoms with van der Waals surface area (Å²) in [6.45, 7) is 4.52. The zero-order chi connectivity index (χ0) is 17.9. The molecule has 0 radical (unpaired) electrons. The van der Waals surface area contributed by atoms with Crippen molar-refractivity contribution >= 4 is 11.7 Å². The largest absolute Gasteiger partial charge is 0.365 e. The summed E-state index contributed by atoms with van der Waals surface area (Å²) in [5, 5.41) is 8.05. The molecule has 138 valence electrons. The zero-order valence-electron chi connectivity index (χ0n) is 15.3. The van der Waals surface area contributed by atoms with Gasteiger partial charge in [-0.1, -0.05) is 6.92 Å². The van der Waals surface area contributed by atoms with Gasteiger partial charge in [0.15, 0.2) is 5.82 Å². The number of piperidine rings is 1. The van der Waals surface area contributed by atoms with Gasteiger partial charge in [-0.2, -0.15) is 5.10 Å². The Morgan fingerprint density at radius 1 is 1.31 bits per heavy atom. The van der Waals surface area contributed by atoms with E-state index in [1.165, 1.54) is 6.42 Å². The maximum atomic E-state index is 12.9. The Kier molecular flexibility index (Phi) is 4.86. The minimum absolute atomic E-state index is 0.0887. The van der Waals surface area contributed by atoms with E-state index < -0.39 is 0 Å². The fourth-order valence-electron chi connectivity index (χ4n) is 3.78. The average molecular weight is 354 g/mol. The SMILES string of the molecule is CCc1nc2n(n1)CC(Nc1ncccc1C(=O)N1CCCCC1)CC2. The van der Waals surface area contributed by atoms with Gasteiger partial charge in [0.25, 0.3) is 5.91 Å². The van der Waals surface area contributed by atoms with Gasteiger partial charge in [-0.05, 0) is 37.8 Å². The van der Waals surface area contributed by atoms with E-state index in [9.17, 15) is 4.79 Å². The van der Waals surface area contributed by atoms with Crippen LogP contribution >= 0.6 is 0 Å². The Morgan fingerprint density at radius 2 is 2.15 bits per heavy atom. The first-order chi connectivity index (χ1) is 12.7. The van der Waals surface area contributed by atoms with Crippen molar-refractivity contribution in [2.75, 3.05) is 18.4 Å². The fraction of sp³-hybridized carbons (Fsp3) is 0.579. The summed E-state index contributed by atoms with van der Waals surface area (Å²) < 4.78 is 2.00. The van der Waals surface area contributed by atoms with Crippen LogP contribution in [0.4, 0.5) is 5.82 Å². The lowest BCUT2D eigenvalue weighted by atomic mass is 10.1. The van der Waals surface area contributed by atoms with Crippen molar-refractivity contribution in [2.45, 2.75) is 58.0 Å². The van der Waals surface area contributed by atoms with Gasteiger partial charge < -0.3 is 10.2 Å². The summed E-state index contributed by atoms with van der Waals surface area (Å²) in [6, 6.07) is 3.92. The number of fused-ring (bicyclic) bond motifs is 1. The number of aryl methyl sites for hydroxylation is 2.